The smallest absolute Gasteiger partial charge is 0.345 e. The van der Waals surface area contributed by atoms with E-state index in [0.717, 1.165) is 21.5 Å². The molecule has 0 radical (unpaired) electrons. The zero-order chi connectivity index (χ0) is 18.3. The largest absolute Gasteiger partial charge is 0.477 e. The van der Waals surface area contributed by atoms with Crippen LogP contribution in [0.15, 0.2) is 66.9 Å². The normalized spacial score (nSPS) is 11.0. The van der Waals surface area contributed by atoms with Crippen molar-refractivity contribution in [1.29, 1.82) is 0 Å². The van der Waals surface area contributed by atoms with Gasteiger partial charge in [0, 0.05) is 22.7 Å². The fourth-order valence-corrected chi connectivity index (χ4v) is 3.89. The number of hydrogen-bond acceptors (Lipinski definition) is 3. The van der Waals surface area contributed by atoms with Gasteiger partial charge in [-0.25, -0.2) is 4.79 Å². The molecular weight excluding hydrogens is 346 g/mol. The summed E-state index contributed by atoms with van der Waals surface area (Å²) >= 11 is 1.18. The number of fused-ring (bicyclic) bond motifs is 1. The van der Waals surface area contributed by atoms with E-state index in [1.165, 1.54) is 11.3 Å². The van der Waals surface area contributed by atoms with Crippen LogP contribution >= 0.6 is 11.3 Å². The van der Waals surface area contributed by atoms with E-state index in [2.05, 4.69) is 0 Å². The third-order valence-electron chi connectivity index (χ3n) is 4.28. The predicted octanol–water partition coefficient (Wildman–Crippen LogP) is 4.93. The molecule has 4 aromatic rings. The molecule has 5 heteroatoms. The van der Waals surface area contributed by atoms with Crippen LogP contribution in [0.2, 0.25) is 0 Å². The zero-order valence-corrected chi connectivity index (χ0v) is 14.8. The van der Waals surface area contributed by atoms with Crippen LogP contribution < -0.4 is 0 Å². The lowest BCUT2D eigenvalue weighted by Crippen LogP contribution is -2.00. The van der Waals surface area contributed by atoms with E-state index in [0.29, 0.717) is 11.1 Å². The Morgan fingerprint density at radius 3 is 2.54 bits per heavy atom. The highest BCUT2D eigenvalue weighted by Gasteiger charge is 2.18. The SMILES string of the molecule is Cc1cccc(C(=O)c2cn(-c3ccc(C(=O)O)s3)c3ccccc23)c1. The minimum Gasteiger partial charge on any atom is -0.477 e. The van der Waals surface area contributed by atoms with Crippen molar-refractivity contribution < 1.29 is 14.7 Å². The maximum Gasteiger partial charge on any atom is 0.345 e. The van der Waals surface area contributed by atoms with E-state index in [1.807, 2.05) is 60.0 Å². The number of nitrogens with zero attached hydrogens (tertiary/aromatic N) is 1. The molecule has 26 heavy (non-hydrogen) atoms. The van der Waals surface area contributed by atoms with E-state index < -0.39 is 5.97 Å². The lowest BCUT2D eigenvalue weighted by Gasteiger charge is -2.01. The Kier molecular flexibility index (Phi) is 3.93. The van der Waals surface area contributed by atoms with Crippen molar-refractivity contribution in [2.75, 3.05) is 0 Å². The first-order valence-corrected chi connectivity index (χ1v) is 8.91. The standard InChI is InChI=1S/C21H15NO3S/c1-13-5-4-6-14(11-13)20(23)16-12-22(17-8-3-2-7-15(16)17)19-10-9-18(26-19)21(24)25/h2-12H,1H3,(H,24,25). The third-order valence-corrected chi connectivity index (χ3v) is 5.35. The third kappa shape index (κ3) is 2.72. The molecule has 0 amide bonds. The topological polar surface area (TPSA) is 59.3 Å². The molecule has 0 spiro atoms. The first kappa shape index (κ1) is 16.3. The summed E-state index contributed by atoms with van der Waals surface area (Å²) in [5.74, 6) is -0.993. The maximum atomic E-state index is 13.1. The Morgan fingerprint density at radius 2 is 1.81 bits per heavy atom. The summed E-state index contributed by atoms with van der Waals surface area (Å²) in [6.45, 7) is 1.96. The summed E-state index contributed by atoms with van der Waals surface area (Å²) in [6.07, 6.45) is 1.80. The van der Waals surface area contributed by atoms with E-state index >= 15 is 0 Å². The highest BCUT2D eigenvalue weighted by atomic mass is 32.1. The first-order valence-electron chi connectivity index (χ1n) is 8.09. The highest BCUT2D eigenvalue weighted by Crippen LogP contribution is 2.30. The minimum atomic E-state index is -0.950. The van der Waals surface area contributed by atoms with Crippen LogP contribution in [-0.4, -0.2) is 21.4 Å². The van der Waals surface area contributed by atoms with Crippen LogP contribution in [-0.2, 0) is 0 Å². The Hall–Kier alpha value is -3.18. The van der Waals surface area contributed by atoms with Crippen molar-refractivity contribution in [3.63, 3.8) is 0 Å². The maximum absolute atomic E-state index is 13.1. The van der Waals surface area contributed by atoms with Crippen molar-refractivity contribution in [2.45, 2.75) is 6.92 Å². The molecule has 0 saturated heterocycles. The second-order valence-electron chi connectivity index (χ2n) is 6.07. The van der Waals surface area contributed by atoms with Gasteiger partial charge in [-0.1, -0.05) is 42.0 Å². The second-order valence-corrected chi connectivity index (χ2v) is 7.13. The molecule has 0 aliphatic carbocycles. The van der Waals surface area contributed by atoms with Crippen molar-refractivity contribution in [1.82, 2.24) is 4.57 Å². The number of carbonyl (C=O) groups excluding carboxylic acids is 1. The molecule has 0 saturated carbocycles. The fourth-order valence-electron chi connectivity index (χ4n) is 3.06. The number of aromatic nitrogens is 1. The van der Waals surface area contributed by atoms with Crippen LogP contribution in [0.5, 0.6) is 0 Å². The van der Waals surface area contributed by atoms with Gasteiger partial charge in [0.1, 0.15) is 9.88 Å². The van der Waals surface area contributed by atoms with E-state index in [4.69, 9.17) is 0 Å². The number of benzene rings is 2. The number of carbonyl (C=O) groups is 2. The summed E-state index contributed by atoms with van der Waals surface area (Å²) in [7, 11) is 0. The minimum absolute atomic E-state index is 0.0429. The van der Waals surface area contributed by atoms with Crippen molar-refractivity contribution >= 4 is 34.0 Å². The number of ketones is 1. The molecule has 0 aliphatic heterocycles. The highest BCUT2D eigenvalue weighted by molar-refractivity contribution is 7.16. The lowest BCUT2D eigenvalue weighted by molar-refractivity contribution is 0.0702. The number of aryl methyl sites for hydroxylation is 1. The van der Waals surface area contributed by atoms with Gasteiger partial charge < -0.3 is 9.67 Å². The summed E-state index contributed by atoms with van der Waals surface area (Å²) in [4.78, 5) is 24.5. The van der Waals surface area contributed by atoms with Crippen molar-refractivity contribution in [3.8, 4) is 5.00 Å². The fraction of sp³-hybridized carbons (Fsp3) is 0.0476. The van der Waals surface area contributed by atoms with E-state index in [9.17, 15) is 14.7 Å². The molecular formula is C21H15NO3S. The summed E-state index contributed by atoms with van der Waals surface area (Å²) in [5.41, 5.74) is 3.16. The molecule has 2 aromatic carbocycles. The molecule has 2 aromatic heterocycles. The number of para-hydroxylation sites is 1. The Labute approximate surface area is 153 Å². The molecule has 128 valence electrons. The number of rotatable bonds is 4. The lowest BCUT2D eigenvalue weighted by atomic mass is 10.0. The molecule has 0 unspecified atom stereocenters. The van der Waals surface area contributed by atoms with E-state index in [1.54, 1.807) is 18.3 Å². The second kappa shape index (κ2) is 6.28. The molecule has 4 nitrogen and oxygen atoms in total. The van der Waals surface area contributed by atoms with Gasteiger partial charge in [-0.3, -0.25) is 4.79 Å². The van der Waals surface area contributed by atoms with Crippen LogP contribution in [0, 0.1) is 6.92 Å². The van der Waals surface area contributed by atoms with Crippen LogP contribution in [0.25, 0.3) is 15.9 Å². The van der Waals surface area contributed by atoms with Gasteiger partial charge in [-0.05, 0) is 31.2 Å². The van der Waals surface area contributed by atoms with Gasteiger partial charge in [0.25, 0.3) is 0 Å². The molecule has 0 atom stereocenters. The summed E-state index contributed by atoms with van der Waals surface area (Å²) in [5, 5.41) is 10.8. The van der Waals surface area contributed by atoms with Crippen molar-refractivity contribution in [2.24, 2.45) is 0 Å². The average Bonchev–Trinajstić information content (AvgIpc) is 3.26. The summed E-state index contributed by atoms with van der Waals surface area (Å²) < 4.78 is 1.88. The number of carboxylic acids is 1. The Bertz CT molecular complexity index is 1150. The molecule has 4 rings (SSSR count). The molecule has 1 N–H and O–H groups in total. The monoisotopic (exact) mass is 361 g/mol. The quantitative estimate of drug-likeness (QED) is 0.524. The molecule has 0 fully saturated rings. The molecule has 0 bridgehead atoms. The van der Waals surface area contributed by atoms with Gasteiger partial charge in [0.2, 0.25) is 0 Å². The molecule has 0 aliphatic rings. The summed E-state index contributed by atoms with van der Waals surface area (Å²) in [6, 6.07) is 18.5. The van der Waals surface area contributed by atoms with Gasteiger partial charge in [-0.2, -0.15) is 0 Å². The number of hydrogen-bond donors (Lipinski definition) is 1. The average molecular weight is 361 g/mol. The van der Waals surface area contributed by atoms with Gasteiger partial charge >= 0.3 is 5.97 Å². The number of thiophene rings is 1. The zero-order valence-electron chi connectivity index (χ0n) is 14.0. The number of aromatic carboxylic acids is 1. The van der Waals surface area contributed by atoms with Gasteiger partial charge in [0.05, 0.1) is 5.52 Å². The Morgan fingerprint density at radius 1 is 1.00 bits per heavy atom. The van der Waals surface area contributed by atoms with Crippen LogP contribution in [0.4, 0.5) is 0 Å². The van der Waals surface area contributed by atoms with Crippen LogP contribution in [0.1, 0.15) is 31.2 Å². The van der Waals surface area contributed by atoms with E-state index in [-0.39, 0.29) is 10.7 Å². The first-order chi connectivity index (χ1) is 12.5. The predicted molar refractivity (Wildman–Crippen MR) is 103 cm³/mol. The van der Waals surface area contributed by atoms with Gasteiger partial charge in [-0.15, -0.1) is 11.3 Å². The Balaban J connectivity index is 1.89. The molecule has 2 heterocycles. The van der Waals surface area contributed by atoms with Gasteiger partial charge in [0.15, 0.2) is 5.78 Å². The number of carboxylic acid groups (broad SMARTS) is 1. The van der Waals surface area contributed by atoms with Crippen LogP contribution in [0.3, 0.4) is 0 Å². The van der Waals surface area contributed by atoms with Crippen molar-refractivity contribution in [3.05, 3.63) is 88.4 Å².